The van der Waals surface area contributed by atoms with Gasteiger partial charge in [0.25, 0.3) is 0 Å². The zero-order chi connectivity index (χ0) is 10.6. The standard InChI is InChI=1S/C10H18ClN3/c1-3-5-6-9(12)10-8(11)7-13-14(10)4-2/h7,9H,3-6,12H2,1-2H3. The zero-order valence-electron chi connectivity index (χ0n) is 8.83. The number of halogens is 1. The van der Waals surface area contributed by atoms with Crippen LogP contribution in [0.3, 0.4) is 0 Å². The van der Waals surface area contributed by atoms with Gasteiger partial charge < -0.3 is 5.73 Å². The van der Waals surface area contributed by atoms with Crippen molar-refractivity contribution in [2.45, 2.75) is 45.7 Å². The molecule has 0 aliphatic carbocycles. The fraction of sp³-hybridized carbons (Fsp3) is 0.700. The number of aromatic nitrogens is 2. The summed E-state index contributed by atoms with van der Waals surface area (Å²) in [4.78, 5) is 0. The second-order valence-electron chi connectivity index (χ2n) is 3.44. The van der Waals surface area contributed by atoms with E-state index in [-0.39, 0.29) is 6.04 Å². The van der Waals surface area contributed by atoms with Crippen molar-refractivity contribution < 1.29 is 0 Å². The molecule has 0 amide bonds. The molecule has 1 heterocycles. The van der Waals surface area contributed by atoms with Gasteiger partial charge in [-0.2, -0.15) is 5.10 Å². The molecule has 0 aromatic carbocycles. The lowest BCUT2D eigenvalue weighted by Crippen LogP contribution is -2.16. The number of hydrogen-bond donors (Lipinski definition) is 1. The number of rotatable bonds is 5. The highest BCUT2D eigenvalue weighted by Crippen LogP contribution is 2.24. The summed E-state index contributed by atoms with van der Waals surface area (Å²) in [6.45, 7) is 5.02. The second kappa shape index (κ2) is 5.37. The van der Waals surface area contributed by atoms with Gasteiger partial charge in [-0.25, -0.2) is 0 Å². The van der Waals surface area contributed by atoms with Crippen LogP contribution in [0.1, 0.15) is 44.8 Å². The summed E-state index contributed by atoms with van der Waals surface area (Å²) in [6.07, 6.45) is 4.94. The van der Waals surface area contributed by atoms with Crippen molar-refractivity contribution in [1.29, 1.82) is 0 Å². The van der Waals surface area contributed by atoms with Crippen molar-refractivity contribution in [3.05, 3.63) is 16.9 Å². The first-order chi connectivity index (χ1) is 6.70. The monoisotopic (exact) mass is 215 g/mol. The Balaban J connectivity index is 2.76. The molecular formula is C10H18ClN3. The van der Waals surface area contributed by atoms with Crippen molar-refractivity contribution >= 4 is 11.6 Å². The Morgan fingerprint density at radius 3 is 2.86 bits per heavy atom. The van der Waals surface area contributed by atoms with Gasteiger partial charge in [0, 0.05) is 12.6 Å². The average molecular weight is 216 g/mol. The zero-order valence-corrected chi connectivity index (χ0v) is 9.59. The van der Waals surface area contributed by atoms with Crippen LogP contribution in [0.2, 0.25) is 5.02 Å². The van der Waals surface area contributed by atoms with Gasteiger partial charge in [0.15, 0.2) is 0 Å². The van der Waals surface area contributed by atoms with Crippen molar-refractivity contribution in [3.63, 3.8) is 0 Å². The summed E-state index contributed by atoms with van der Waals surface area (Å²) in [7, 11) is 0. The van der Waals surface area contributed by atoms with E-state index >= 15 is 0 Å². The lowest BCUT2D eigenvalue weighted by Gasteiger charge is -2.13. The molecule has 0 bridgehead atoms. The fourth-order valence-corrected chi connectivity index (χ4v) is 1.83. The molecule has 3 nitrogen and oxygen atoms in total. The molecule has 14 heavy (non-hydrogen) atoms. The molecule has 0 saturated heterocycles. The van der Waals surface area contributed by atoms with E-state index in [1.54, 1.807) is 6.20 Å². The fourth-order valence-electron chi connectivity index (χ4n) is 1.55. The lowest BCUT2D eigenvalue weighted by atomic mass is 10.1. The van der Waals surface area contributed by atoms with E-state index in [1.165, 1.54) is 0 Å². The Labute approximate surface area is 90.2 Å². The number of aryl methyl sites for hydroxylation is 1. The van der Waals surface area contributed by atoms with E-state index in [0.29, 0.717) is 5.02 Å². The predicted octanol–water partition coefficient (Wildman–Crippen LogP) is 2.75. The Kier molecular flexibility index (Phi) is 4.42. The highest BCUT2D eigenvalue weighted by molar-refractivity contribution is 6.31. The SMILES string of the molecule is CCCCC(N)c1c(Cl)cnn1CC. The first-order valence-electron chi connectivity index (χ1n) is 5.17. The molecule has 1 unspecified atom stereocenters. The van der Waals surface area contributed by atoms with Gasteiger partial charge in [-0.3, -0.25) is 4.68 Å². The maximum Gasteiger partial charge on any atom is 0.0834 e. The number of nitrogens with zero attached hydrogens (tertiary/aromatic N) is 2. The third kappa shape index (κ3) is 2.49. The highest BCUT2D eigenvalue weighted by atomic mass is 35.5. The summed E-state index contributed by atoms with van der Waals surface area (Å²) < 4.78 is 1.88. The van der Waals surface area contributed by atoms with E-state index < -0.39 is 0 Å². The van der Waals surface area contributed by atoms with Gasteiger partial charge in [0.2, 0.25) is 0 Å². The topological polar surface area (TPSA) is 43.8 Å². The molecule has 80 valence electrons. The molecule has 2 N–H and O–H groups in total. The molecule has 1 rings (SSSR count). The minimum atomic E-state index is 0.0184. The number of hydrogen-bond acceptors (Lipinski definition) is 2. The maximum atomic E-state index is 6.06. The molecule has 0 aliphatic rings. The largest absolute Gasteiger partial charge is 0.323 e. The van der Waals surface area contributed by atoms with Crippen LogP contribution in [0.4, 0.5) is 0 Å². The van der Waals surface area contributed by atoms with Gasteiger partial charge in [0.1, 0.15) is 0 Å². The van der Waals surface area contributed by atoms with Gasteiger partial charge in [-0.05, 0) is 13.3 Å². The van der Waals surface area contributed by atoms with Gasteiger partial charge in [-0.1, -0.05) is 31.4 Å². The molecule has 1 aromatic heterocycles. The summed E-state index contributed by atoms with van der Waals surface area (Å²) in [5.74, 6) is 0. The minimum Gasteiger partial charge on any atom is -0.323 e. The second-order valence-corrected chi connectivity index (χ2v) is 3.85. The van der Waals surface area contributed by atoms with E-state index in [0.717, 1.165) is 31.5 Å². The molecule has 0 saturated carbocycles. The molecular weight excluding hydrogens is 198 g/mol. The van der Waals surface area contributed by atoms with Crippen LogP contribution in [0.15, 0.2) is 6.20 Å². The number of nitrogens with two attached hydrogens (primary N) is 1. The quantitative estimate of drug-likeness (QED) is 0.821. The van der Waals surface area contributed by atoms with Crippen LogP contribution >= 0.6 is 11.6 Å². The van der Waals surface area contributed by atoms with Crippen LogP contribution < -0.4 is 5.73 Å². The van der Waals surface area contributed by atoms with Crippen molar-refractivity contribution in [1.82, 2.24) is 9.78 Å². The summed E-state index contributed by atoms with van der Waals surface area (Å²) in [5, 5.41) is 4.86. The summed E-state index contributed by atoms with van der Waals surface area (Å²) in [6, 6.07) is 0.0184. The first kappa shape index (κ1) is 11.5. The summed E-state index contributed by atoms with van der Waals surface area (Å²) >= 11 is 6.03. The van der Waals surface area contributed by atoms with Gasteiger partial charge >= 0.3 is 0 Å². The maximum absolute atomic E-state index is 6.06. The van der Waals surface area contributed by atoms with Crippen molar-refractivity contribution in [2.75, 3.05) is 0 Å². The van der Waals surface area contributed by atoms with E-state index in [1.807, 2.05) is 11.6 Å². The van der Waals surface area contributed by atoms with Crippen LogP contribution in [-0.4, -0.2) is 9.78 Å². The van der Waals surface area contributed by atoms with Crippen LogP contribution in [-0.2, 0) is 6.54 Å². The van der Waals surface area contributed by atoms with Gasteiger partial charge in [0.05, 0.1) is 16.9 Å². The molecule has 0 fully saturated rings. The molecule has 0 radical (unpaired) electrons. The average Bonchev–Trinajstić information content (AvgIpc) is 2.56. The Bertz CT molecular complexity index is 283. The van der Waals surface area contributed by atoms with Crippen molar-refractivity contribution in [3.8, 4) is 0 Å². The highest BCUT2D eigenvalue weighted by Gasteiger charge is 2.15. The van der Waals surface area contributed by atoms with Gasteiger partial charge in [-0.15, -0.1) is 0 Å². The lowest BCUT2D eigenvalue weighted by molar-refractivity contribution is 0.530. The Morgan fingerprint density at radius 1 is 1.57 bits per heavy atom. The van der Waals surface area contributed by atoms with Crippen LogP contribution in [0.25, 0.3) is 0 Å². The molecule has 4 heteroatoms. The minimum absolute atomic E-state index is 0.0184. The third-order valence-electron chi connectivity index (χ3n) is 2.35. The molecule has 0 aliphatic heterocycles. The van der Waals surface area contributed by atoms with E-state index in [9.17, 15) is 0 Å². The normalized spacial score (nSPS) is 13.1. The molecule has 1 atom stereocenters. The van der Waals surface area contributed by atoms with Crippen LogP contribution in [0, 0.1) is 0 Å². The molecule has 0 spiro atoms. The predicted molar refractivity (Wildman–Crippen MR) is 59.4 cm³/mol. The number of unbranched alkanes of at least 4 members (excludes halogenated alkanes) is 1. The smallest absolute Gasteiger partial charge is 0.0834 e. The van der Waals surface area contributed by atoms with Crippen LogP contribution in [0.5, 0.6) is 0 Å². The third-order valence-corrected chi connectivity index (χ3v) is 2.64. The summed E-state index contributed by atoms with van der Waals surface area (Å²) in [5.41, 5.74) is 7.03. The Morgan fingerprint density at radius 2 is 2.29 bits per heavy atom. The van der Waals surface area contributed by atoms with Crippen molar-refractivity contribution in [2.24, 2.45) is 5.73 Å². The van der Waals surface area contributed by atoms with E-state index in [4.69, 9.17) is 17.3 Å². The van der Waals surface area contributed by atoms with E-state index in [2.05, 4.69) is 12.0 Å². The first-order valence-corrected chi connectivity index (χ1v) is 5.55. The molecule has 1 aromatic rings. The Hall–Kier alpha value is -0.540.